The van der Waals surface area contributed by atoms with Gasteiger partial charge < -0.3 is 15.5 Å². The summed E-state index contributed by atoms with van der Waals surface area (Å²) in [6.45, 7) is 0.630. The van der Waals surface area contributed by atoms with E-state index in [0.717, 1.165) is 24.8 Å². The maximum Gasteiger partial charge on any atom is 0.165 e. The topological polar surface area (TPSA) is 52.5 Å². The van der Waals surface area contributed by atoms with Gasteiger partial charge in [-0.15, -0.1) is 0 Å². The third-order valence-corrected chi connectivity index (χ3v) is 3.29. The molecule has 2 rings (SSSR count). The summed E-state index contributed by atoms with van der Waals surface area (Å²) < 4.78 is 13.0. The van der Waals surface area contributed by atoms with Crippen LogP contribution >= 0.6 is 0 Å². The first-order chi connectivity index (χ1) is 7.65. The molecule has 0 heterocycles. The number of aliphatic hydroxyl groups excluding tert-OH is 1. The molecule has 0 unspecified atom stereocenters. The number of nitrogens with one attached hydrogen (secondary N) is 1. The van der Waals surface area contributed by atoms with E-state index in [1.807, 2.05) is 0 Å². The number of aromatic hydroxyl groups is 1. The second kappa shape index (κ2) is 4.39. The molecule has 0 atom stereocenters. The zero-order valence-electron chi connectivity index (χ0n) is 9.04. The van der Waals surface area contributed by atoms with Crippen molar-refractivity contribution in [2.24, 2.45) is 0 Å². The van der Waals surface area contributed by atoms with Gasteiger partial charge in [-0.25, -0.2) is 4.39 Å². The predicted molar refractivity (Wildman–Crippen MR) is 58.6 cm³/mol. The molecule has 1 fully saturated rings. The quantitative estimate of drug-likeness (QED) is 0.728. The number of hydrogen-bond acceptors (Lipinski definition) is 3. The van der Waals surface area contributed by atoms with Gasteiger partial charge in [0.05, 0.1) is 6.61 Å². The fourth-order valence-electron chi connectivity index (χ4n) is 1.94. The SMILES string of the molecule is OCC1(NCc2ccc(O)c(F)c2)CCC1. The van der Waals surface area contributed by atoms with E-state index in [0.29, 0.717) is 6.54 Å². The van der Waals surface area contributed by atoms with Gasteiger partial charge in [-0.3, -0.25) is 0 Å². The van der Waals surface area contributed by atoms with E-state index in [1.54, 1.807) is 6.07 Å². The van der Waals surface area contributed by atoms with Gasteiger partial charge >= 0.3 is 0 Å². The third-order valence-electron chi connectivity index (χ3n) is 3.29. The van der Waals surface area contributed by atoms with Crippen LogP contribution in [0, 0.1) is 5.82 Å². The van der Waals surface area contributed by atoms with Crippen LogP contribution in [0.2, 0.25) is 0 Å². The summed E-state index contributed by atoms with van der Waals surface area (Å²) in [5.41, 5.74) is 0.601. The number of rotatable bonds is 4. The lowest BCUT2D eigenvalue weighted by molar-refractivity contribution is 0.0872. The van der Waals surface area contributed by atoms with Crippen LogP contribution in [0.5, 0.6) is 5.75 Å². The Bertz CT molecular complexity index is 372. The Morgan fingerprint density at radius 1 is 1.38 bits per heavy atom. The van der Waals surface area contributed by atoms with Crippen molar-refractivity contribution in [1.29, 1.82) is 0 Å². The highest BCUT2D eigenvalue weighted by Gasteiger charge is 2.35. The van der Waals surface area contributed by atoms with E-state index in [1.165, 1.54) is 12.1 Å². The molecule has 0 amide bonds. The van der Waals surface area contributed by atoms with Crippen LogP contribution in [0.3, 0.4) is 0 Å². The van der Waals surface area contributed by atoms with Gasteiger partial charge in [-0.05, 0) is 37.0 Å². The second-order valence-corrected chi connectivity index (χ2v) is 4.43. The molecular formula is C12H16FNO2. The molecule has 0 spiro atoms. The first kappa shape index (κ1) is 11.4. The van der Waals surface area contributed by atoms with Crippen LogP contribution < -0.4 is 5.32 Å². The van der Waals surface area contributed by atoms with E-state index in [2.05, 4.69) is 5.32 Å². The number of aliphatic hydroxyl groups is 1. The lowest BCUT2D eigenvalue weighted by Crippen LogP contribution is -2.53. The predicted octanol–water partition coefficient (Wildman–Crippen LogP) is 1.54. The second-order valence-electron chi connectivity index (χ2n) is 4.43. The lowest BCUT2D eigenvalue weighted by Gasteiger charge is -2.41. The molecule has 0 bridgehead atoms. The highest BCUT2D eigenvalue weighted by atomic mass is 19.1. The molecule has 1 aliphatic rings. The Hall–Kier alpha value is -1.13. The minimum atomic E-state index is -0.606. The summed E-state index contributed by atoms with van der Waals surface area (Å²) in [4.78, 5) is 0. The first-order valence-corrected chi connectivity index (χ1v) is 5.48. The van der Waals surface area contributed by atoms with Crippen molar-refractivity contribution in [2.45, 2.75) is 31.3 Å². The normalized spacial score (nSPS) is 18.1. The summed E-state index contributed by atoms with van der Waals surface area (Å²) in [6.07, 6.45) is 3.05. The van der Waals surface area contributed by atoms with Crippen LogP contribution in [0.1, 0.15) is 24.8 Å². The number of benzene rings is 1. The van der Waals surface area contributed by atoms with E-state index in [9.17, 15) is 9.50 Å². The molecule has 0 radical (unpaired) electrons. The molecular weight excluding hydrogens is 209 g/mol. The molecule has 0 aromatic heterocycles. The first-order valence-electron chi connectivity index (χ1n) is 5.48. The number of phenols is 1. The van der Waals surface area contributed by atoms with Crippen LogP contribution in [0.15, 0.2) is 18.2 Å². The Morgan fingerprint density at radius 2 is 2.12 bits per heavy atom. The van der Waals surface area contributed by atoms with Gasteiger partial charge in [-0.1, -0.05) is 6.07 Å². The number of phenolic OH excluding ortho intramolecular Hbond substituents is 1. The molecule has 0 saturated heterocycles. The molecule has 16 heavy (non-hydrogen) atoms. The number of halogens is 1. The van der Waals surface area contributed by atoms with Crippen molar-refractivity contribution in [2.75, 3.05) is 6.61 Å². The maximum absolute atomic E-state index is 13.0. The van der Waals surface area contributed by atoms with Crippen molar-refractivity contribution >= 4 is 0 Å². The van der Waals surface area contributed by atoms with Crippen molar-refractivity contribution in [1.82, 2.24) is 5.32 Å². The summed E-state index contributed by atoms with van der Waals surface area (Å²) in [5, 5.41) is 21.5. The van der Waals surface area contributed by atoms with Crippen molar-refractivity contribution in [3.8, 4) is 5.75 Å². The summed E-state index contributed by atoms with van der Waals surface area (Å²) in [7, 11) is 0. The lowest BCUT2D eigenvalue weighted by atomic mass is 9.77. The highest BCUT2D eigenvalue weighted by Crippen LogP contribution is 2.31. The van der Waals surface area contributed by atoms with Gasteiger partial charge in [0.1, 0.15) is 0 Å². The van der Waals surface area contributed by atoms with Crippen molar-refractivity contribution < 1.29 is 14.6 Å². The maximum atomic E-state index is 13.0. The Balaban J connectivity index is 1.96. The molecule has 1 aromatic carbocycles. The zero-order valence-corrected chi connectivity index (χ0v) is 9.04. The number of hydrogen-bond donors (Lipinski definition) is 3. The van der Waals surface area contributed by atoms with E-state index < -0.39 is 5.82 Å². The van der Waals surface area contributed by atoms with E-state index >= 15 is 0 Å². The monoisotopic (exact) mass is 225 g/mol. The largest absolute Gasteiger partial charge is 0.505 e. The van der Waals surface area contributed by atoms with Crippen LogP contribution in [-0.4, -0.2) is 22.4 Å². The van der Waals surface area contributed by atoms with Crippen LogP contribution in [0.25, 0.3) is 0 Å². The molecule has 1 aliphatic carbocycles. The molecule has 1 saturated carbocycles. The Kier molecular flexibility index (Phi) is 3.12. The molecule has 1 aromatic rings. The standard InChI is InChI=1S/C12H16FNO2/c13-10-6-9(2-3-11(10)16)7-14-12(8-15)4-1-5-12/h2-3,6,14-16H,1,4-5,7-8H2. The Labute approximate surface area is 93.9 Å². The van der Waals surface area contributed by atoms with Crippen LogP contribution in [0.4, 0.5) is 4.39 Å². The summed E-state index contributed by atoms with van der Waals surface area (Å²) in [6, 6.07) is 4.33. The molecule has 88 valence electrons. The molecule has 4 heteroatoms. The van der Waals surface area contributed by atoms with Crippen molar-refractivity contribution in [3.63, 3.8) is 0 Å². The minimum Gasteiger partial charge on any atom is -0.505 e. The average molecular weight is 225 g/mol. The van der Waals surface area contributed by atoms with Gasteiger partial charge in [0, 0.05) is 12.1 Å². The fraction of sp³-hybridized carbons (Fsp3) is 0.500. The van der Waals surface area contributed by atoms with Gasteiger partial charge in [0.15, 0.2) is 11.6 Å². The van der Waals surface area contributed by atoms with E-state index in [4.69, 9.17) is 5.11 Å². The summed E-state index contributed by atoms with van der Waals surface area (Å²) in [5.74, 6) is -0.935. The molecule has 3 nitrogen and oxygen atoms in total. The third kappa shape index (κ3) is 2.18. The summed E-state index contributed by atoms with van der Waals surface area (Å²) >= 11 is 0. The van der Waals surface area contributed by atoms with Crippen molar-refractivity contribution in [3.05, 3.63) is 29.6 Å². The minimum absolute atomic E-state index is 0.119. The van der Waals surface area contributed by atoms with E-state index in [-0.39, 0.29) is 17.9 Å². The van der Waals surface area contributed by atoms with Crippen LogP contribution in [-0.2, 0) is 6.54 Å². The molecule has 3 N–H and O–H groups in total. The fourth-order valence-corrected chi connectivity index (χ4v) is 1.94. The average Bonchev–Trinajstić information content (AvgIpc) is 2.22. The zero-order chi connectivity index (χ0) is 11.6. The molecule has 0 aliphatic heterocycles. The van der Waals surface area contributed by atoms with Gasteiger partial charge in [-0.2, -0.15) is 0 Å². The van der Waals surface area contributed by atoms with Gasteiger partial charge in [0.25, 0.3) is 0 Å². The highest BCUT2D eigenvalue weighted by molar-refractivity contribution is 5.28. The van der Waals surface area contributed by atoms with Gasteiger partial charge in [0.2, 0.25) is 0 Å². The Morgan fingerprint density at radius 3 is 2.62 bits per heavy atom. The smallest absolute Gasteiger partial charge is 0.165 e.